The third-order valence-corrected chi connectivity index (χ3v) is 7.02. The molecule has 1 spiro atoms. The average Bonchev–Trinajstić information content (AvgIpc) is 2.74. The zero-order chi connectivity index (χ0) is 22.6. The molecule has 0 radical (unpaired) electrons. The second kappa shape index (κ2) is 9.92. The first-order valence-electron chi connectivity index (χ1n) is 12.0. The molecule has 1 saturated heterocycles. The number of ketones is 1. The van der Waals surface area contributed by atoms with Gasteiger partial charge < -0.3 is 19.7 Å². The maximum atomic E-state index is 12.8. The van der Waals surface area contributed by atoms with E-state index in [1.807, 2.05) is 0 Å². The van der Waals surface area contributed by atoms with E-state index in [9.17, 15) is 14.4 Å². The van der Waals surface area contributed by atoms with Gasteiger partial charge in [-0.25, -0.2) is 0 Å². The second-order valence-electron chi connectivity index (χ2n) is 9.45. The van der Waals surface area contributed by atoms with E-state index in [-0.39, 0.29) is 30.2 Å². The van der Waals surface area contributed by atoms with E-state index in [2.05, 4.69) is 5.32 Å². The number of rotatable bonds is 4. The van der Waals surface area contributed by atoms with E-state index in [1.165, 1.54) is 19.3 Å². The lowest BCUT2D eigenvalue weighted by molar-refractivity contribution is -0.132. The number of benzene rings is 1. The summed E-state index contributed by atoms with van der Waals surface area (Å²) in [7, 11) is 0. The Labute approximate surface area is 189 Å². The first-order chi connectivity index (χ1) is 15.4. The Morgan fingerprint density at radius 1 is 1.12 bits per heavy atom. The lowest BCUT2D eigenvalue weighted by Gasteiger charge is -2.43. The highest BCUT2D eigenvalue weighted by atomic mass is 16.5. The molecule has 2 heterocycles. The summed E-state index contributed by atoms with van der Waals surface area (Å²) in [6.45, 7) is 2.70. The van der Waals surface area contributed by atoms with Gasteiger partial charge in [-0.15, -0.1) is 0 Å². The van der Waals surface area contributed by atoms with Gasteiger partial charge in [-0.05, 0) is 25.0 Å². The van der Waals surface area contributed by atoms with Crippen LogP contribution in [0.4, 0.5) is 0 Å². The first-order valence-corrected chi connectivity index (χ1v) is 12.0. The summed E-state index contributed by atoms with van der Waals surface area (Å²) in [4.78, 5) is 38.6. The summed E-state index contributed by atoms with van der Waals surface area (Å²) in [5.41, 5.74) is -0.0134. The standard InChI is InChI=1S/C25H34N2O5/c1-18(28)27-13-11-25(12-14-27)16-22(29)21-10-9-20(15-23(21)32-25)31-17-24(30)26-19-7-5-3-2-4-6-8-19/h9-10,15,19H,2-8,11-14,16-17H2,1H3,(H,26,30). The fourth-order valence-electron chi connectivity index (χ4n) is 5.09. The molecule has 0 bridgehead atoms. The first kappa shape index (κ1) is 22.6. The highest BCUT2D eigenvalue weighted by Crippen LogP contribution is 2.40. The molecule has 0 unspecified atom stereocenters. The fraction of sp³-hybridized carbons (Fsp3) is 0.640. The Balaban J connectivity index is 1.35. The predicted molar refractivity (Wildman–Crippen MR) is 120 cm³/mol. The number of amides is 2. The van der Waals surface area contributed by atoms with E-state index in [0.29, 0.717) is 49.4 Å². The number of fused-ring (bicyclic) bond motifs is 1. The highest BCUT2D eigenvalue weighted by molar-refractivity contribution is 6.00. The van der Waals surface area contributed by atoms with Crippen molar-refractivity contribution in [1.82, 2.24) is 10.2 Å². The van der Waals surface area contributed by atoms with Gasteiger partial charge in [0.2, 0.25) is 5.91 Å². The van der Waals surface area contributed by atoms with E-state index in [0.717, 1.165) is 25.7 Å². The van der Waals surface area contributed by atoms with Crippen molar-refractivity contribution in [3.05, 3.63) is 23.8 Å². The Morgan fingerprint density at radius 2 is 1.81 bits per heavy atom. The number of likely N-dealkylation sites (tertiary alicyclic amines) is 1. The molecule has 1 aliphatic carbocycles. The van der Waals surface area contributed by atoms with Gasteiger partial charge in [0.05, 0.1) is 12.0 Å². The van der Waals surface area contributed by atoms with Crippen LogP contribution in [0, 0.1) is 0 Å². The molecule has 1 aromatic carbocycles. The van der Waals surface area contributed by atoms with Crippen LogP contribution in [-0.4, -0.2) is 53.8 Å². The van der Waals surface area contributed by atoms with Gasteiger partial charge in [0.1, 0.15) is 17.1 Å². The smallest absolute Gasteiger partial charge is 0.258 e. The highest BCUT2D eigenvalue weighted by Gasteiger charge is 2.43. The van der Waals surface area contributed by atoms with Crippen molar-refractivity contribution in [2.75, 3.05) is 19.7 Å². The number of carbonyl (C=O) groups excluding carboxylic acids is 3. The summed E-state index contributed by atoms with van der Waals surface area (Å²) >= 11 is 0. The van der Waals surface area contributed by atoms with Crippen LogP contribution >= 0.6 is 0 Å². The Kier molecular flexibility index (Phi) is 7.01. The van der Waals surface area contributed by atoms with E-state index >= 15 is 0 Å². The minimum Gasteiger partial charge on any atom is -0.486 e. The van der Waals surface area contributed by atoms with Crippen molar-refractivity contribution < 1.29 is 23.9 Å². The van der Waals surface area contributed by atoms with E-state index in [4.69, 9.17) is 9.47 Å². The van der Waals surface area contributed by atoms with Gasteiger partial charge >= 0.3 is 0 Å². The minimum atomic E-state index is -0.565. The van der Waals surface area contributed by atoms with Crippen LogP contribution in [0.5, 0.6) is 11.5 Å². The third kappa shape index (κ3) is 5.43. The number of hydrogen-bond acceptors (Lipinski definition) is 5. The lowest BCUT2D eigenvalue weighted by atomic mass is 9.82. The fourth-order valence-corrected chi connectivity index (χ4v) is 5.09. The zero-order valence-electron chi connectivity index (χ0n) is 19.0. The van der Waals surface area contributed by atoms with Gasteiger partial charge in [-0.3, -0.25) is 14.4 Å². The third-order valence-electron chi connectivity index (χ3n) is 7.02. The molecule has 2 amide bonds. The summed E-state index contributed by atoms with van der Waals surface area (Å²) in [5.74, 6) is 1.02. The topological polar surface area (TPSA) is 84.9 Å². The molecule has 174 valence electrons. The van der Waals surface area contributed by atoms with Crippen molar-refractivity contribution in [3.8, 4) is 11.5 Å². The normalized spacial score (nSPS) is 21.2. The summed E-state index contributed by atoms with van der Waals surface area (Å²) in [5, 5.41) is 3.10. The summed E-state index contributed by atoms with van der Waals surface area (Å²) in [6.07, 6.45) is 9.75. The maximum Gasteiger partial charge on any atom is 0.258 e. The van der Waals surface area contributed by atoms with Gasteiger partial charge in [0.25, 0.3) is 5.91 Å². The number of piperidine rings is 1. The number of Topliss-reactive ketones (excluding diaryl/α,β-unsaturated/α-hetero) is 1. The Morgan fingerprint density at radius 3 is 2.50 bits per heavy atom. The second-order valence-corrected chi connectivity index (χ2v) is 9.45. The van der Waals surface area contributed by atoms with Crippen LogP contribution in [0.3, 0.4) is 0 Å². The molecule has 0 atom stereocenters. The number of ether oxygens (including phenoxy) is 2. The van der Waals surface area contributed by atoms with Crippen LogP contribution in [0.25, 0.3) is 0 Å². The molecule has 1 aromatic rings. The zero-order valence-corrected chi connectivity index (χ0v) is 19.0. The van der Waals surface area contributed by atoms with Crippen molar-refractivity contribution >= 4 is 17.6 Å². The number of hydrogen-bond donors (Lipinski definition) is 1. The molecular weight excluding hydrogens is 408 g/mol. The molecule has 1 N–H and O–H groups in total. The Bertz CT molecular complexity index is 852. The molecule has 2 aliphatic heterocycles. The van der Waals surface area contributed by atoms with Crippen molar-refractivity contribution in [2.24, 2.45) is 0 Å². The van der Waals surface area contributed by atoms with Crippen LogP contribution in [0.15, 0.2) is 18.2 Å². The summed E-state index contributed by atoms with van der Waals surface area (Å²) < 4.78 is 12.0. The average molecular weight is 443 g/mol. The molecule has 1 saturated carbocycles. The van der Waals surface area contributed by atoms with Crippen molar-refractivity contribution in [1.29, 1.82) is 0 Å². The predicted octanol–water partition coefficient (Wildman–Crippen LogP) is 3.64. The quantitative estimate of drug-likeness (QED) is 0.770. The van der Waals surface area contributed by atoms with Gasteiger partial charge in [-0.2, -0.15) is 0 Å². The van der Waals surface area contributed by atoms with Crippen LogP contribution in [-0.2, 0) is 9.59 Å². The Hall–Kier alpha value is -2.57. The van der Waals surface area contributed by atoms with E-state index in [1.54, 1.807) is 30.0 Å². The van der Waals surface area contributed by atoms with Crippen molar-refractivity contribution in [2.45, 2.75) is 82.8 Å². The molecule has 0 aromatic heterocycles. The molecule has 32 heavy (non-hydrogen) atoms. The number of carbonyl (C=O) groups is 3. The van der Waals surface area contributed by atoms with Gasteiger partial charge in [0.15, 0.2) is 12.4 Å². The van der Waals surface area contributed by atoms with Gasteiger partial charge in [0, 0.05) is 45.0 Å². The molecule has 3 aliphatic rings. The molecular formula is C25H34N2O5. The lowest BCUT2D eigenvalue weighted by Crippen LogP contribution is -2.51. The minimum absolute atomic E-state index is 0.0516. The number of nitrogens with zero attached hydrogens (tertiary/aromatic N) is 1. The van der Waals surface area contributed by atoms with Crippen molar-refractivity contribution in [3.63, 3.8) is 0 Å². The molecule has 7 nitrogen and oxygen atoms in total. The number of nitrogens with one attached hydrogen (secondary N) is 1. The summed E-state index contributed by atoms with van der Waals surface area (Å²) in [6, 6.07) is 5.39. The van der Waals surface area contributed by atoms with Gasteiger partial charge in [-0.1, -0.05) is 32.1 Å². The monoisotopic (exact) mass is 442 g/mol. The SMILES string of the molecule is CC(=O)N1CCC2(CC1)CC(=O)c1ccc(OCC(=O)NC3CCCCCCC3)cc1O2. The largest absolute Gasteiger partial charge is 0.486 e. The van der Waals surface area contributed by atoms with Crippen LogP contribution < -0.4 is 14.8 Å². The maximum absolute atomic E-state index is 12.8. The van der Waals surface area contributed by atoms with Crippen LogP contribution in [0.1, 0.15) is 81.5 Å². The molecule has 4 rings (SSSR count). The molecule has 7 heteroatoms. The van der Waals surface area contributed by atoms with Crippen LogP contribution in [0.2, 0.25) is 0 Å². The molecule has 2 fully saturated rings. The van der Waals surface area contributed by atoms with E-state index < -0.39 is 5.60 Å².